The van der Waals surface area contributed by atoms with Gasteiger partial charge in [-0.1, -0.05) is 24.3 Å². The third-order valence-corrected chi connectivity index (χ3v) is 2.28. The molecule has 0 unspecified atom stereocenters. The van der Waals surface area contributed by atoms with Crippen LogP contribution >= 0.6 is 0 Å². The van der Waals surface area contributed by atoms with E-state index in [1.54, 1.807) is 0 Å². The van der Waals surface area contributed by atoms with Crippen molar-refractivity contribution in [1.29, 1.82) is 0 Å². The number of carboxylic acid groups (broad SMARTS) is 1. The van der Waals surface area contributed by atoms with Gasteiger partial charge in [-0.25, -0.2) is 4.79 Å². The molecule has 2 aromatic rings. The Hall–Kier alpha value is -2.10. The van der Waals surface area contributed by atoms with Crippen LogP contribution < -0.4 is 0 Å². The minimum atomic E-state index is -0.970. The van der Waals surface area contributed by atoms with E-state index in [1.807, 2.05) is 31.2 Å². The number of benzene rings is 1. The fourth-order valence-electron chi connectivity index (χ4n) is 1.51. The highest BCUT2D eigenvalue weighted by Crippen LogP contribution is 2.24. The molecule has 0 saturated heterocycles. The highest BCUT2D eigenvalue weighted by Gasteiger charge is 2.14. The normalized spacial score (nSPS) is 10.2. The molecule has 0 radical (unpaired) electrons. The Labute approximate surface area is 86.6 Å². The number of H-pyrrole nitrogens is 1. The average molecular weight is 202 g/mol. The lowest BCUT2D eigenvalue weighted by Crippen LogP contribution is -1.97. The van der Waals surface area contributed by atoms with E-state index in [-0.39, 0.29) is 5.56 Å². The first-order chi connectivity index (χ1) is 7.20. The molecule has 0 aliphatic rings. The lowest BCUT2D eigenvalue weighted by molar-refractivity contribution is 0.0698. The van der Waals surface area contributed by atoms with Crippen LogP contribution in [0.25, 0.3) is 11.3 Å². The van der Waals surface area contributed by atoms with E-state index in [0.717, 1.165) is 11.1 Å². The van der Waals surface area contributed by atoms with Gasteiger partial charge in [-0.15, -0.1) is 0 Å². The van der Waals surface area contributed by atoms with Gasteiger partial charge in [-0.2, -0.15) is 5.10 Å². The second-order valence-electron chi connectivity index (χ2n) is 3.28. The summed E-state index contributed by atoms with van der Waals surface area (Å²) in [6.45, 7) is 1.93. The molecule has 1 heterocycles. The number of hydrogen-bond acceptors (Lipinski definition) is 2. The summed E-state index contributed by atoms with van der Waals surface area (Å²) in [6.07, 6.45) is 1.32. The van der Waals surface area contributed by atoms with Crippen LogP contribution in [0, 0.1) is 6.92 Å². The molecule has 15 heavy (non-hydrogen) atoms. The summed E-state index contributed by atoms with van der Waals surface area (Å²) in [6, 6.07) is 7.58. The maximum absolute atomic E-state index is 10.9. The molecule has 0 spiro atoms. The minimum absolute atomic E-state index is 0.198. The summed E-state index contributed by atoms with van der Waals surface area (Å²) in [5.41, 5.74) is 2.64. The Morgan fingerprint density at radius 2 is 2.13 bits per heavy atom. The van der Waals surface area contributed by atoms with Crippen molar-refractivity contribution in [2.24, 2.45) is 0 Å². The quantitative estimate of drug-likeness (QED) is 0.783. The molecule has 0 aliphatic heterocycles. The summed E-state index contributed by atoms with van der Waals surface area (Å²) in [7, 11) is 0. The van der Waals surface area contributed by atoms with E-state index >= 15 is 0 Å². The zero-order valence-electron chi connectivity index (χ0n) is 8.19. The monoisotopic (exact) mass is 202 g/mol. The van der Waals surface area contributed by atoms with Crippen LogP contribution in [-0.4, -0.2) is 21.3 Å². The van der Waals surface area contributed by atoms with Crippen LogP contribution in [0.4, 0.5) is 0 Å². The first-order valence-corrected chi connectivity index (χ1v) is 4.53. The number of aromatic nitrogens is 2. The molecule has 2 rings (SSSR count). The van der Waals surface area contributed by atoms with E-state index < -0.39 is 5.97 Å². The van der Waals surface area contributed by atoms with Gasteiger partial charge in [0.2, 0.25) is 0 Å². The van der Waals surface area contributed by atoms with Crippen molar-refractivity contribution < 1.29 is 9.90 Å². The maximum Gasteiger partial charge on any atom is 0.339 e. The number of carbonyl (C=O) groups is 1. The topological polar surface area (TPSA) is 66.0 Å². The van der Waals surface area contributed by atoms with Crippen molar-refractivity contribution in [3.8, 4) is 11.3 Å². The Balaban J connectivity index is 2.59. The zero-order valence-corrected chi connectivity index (χ0v) is 8.19. The van der Waals surface area contributed by atoms with Crippen LogP contribution in [0.15, 0.2) is 30.5 Å². The molecule has 0 bridgehead atoms. The molecule has 4 nitrogen and oxygen atoms in total. The maximum atomic E-state index is 10.9. The van der Waals surface area contributed by atoms with Crippen molar-refractivity contribution in [2.75, 3.05) is 0 Å². The molecule has 1 aromatic carbocycles. The van der Waals surface area contributed by atoms with Crippen molar-refractivity contribution in [2.45, 2.75) is 6.92 Å². The summed E-state index contributed by atoms with van der Waals surface area (Å²) < 4.78 is 0. The van der Waals surface area contributed by atoms with Gasteiger partial charge in [0.05, 0.1) is 11.9 Å². The molecule has 0 atom stereocenters. The summed E-state index contributed by atoms with van der Waals surface area (Å²) in [5.74, 6) is -0.970. The number of nitrogens with zero attached hydrogens (tertiary/aromatic N) is 1. The molecule has 4 heteroatoms. The van der Waals surface area contributed by atoms with Gasteiger partial charge < -0.3 is 5.11 Å². The second kappa shape index (κ2) is 3.57. The average Bonchev–Trinajstić information content (AvgIpc) is 2.67. The van der Waals surface area contributed by atoms with Gasteiger partial charge in [0.1, 0.15) is 5.56 Å². The first kappa shape index (κ1) is 9.45. The van der Waals surface area contributed by atoms with Gasteiger partial charge in [-0.3, -0.25) is 5.10 Å². The highest BCUT2D eigenvalue weighted by molar-refractivity contribution is 5.94. The van der Waals surface area contributed by atoms with Crippen LogP contribution in [-0.2, 0) is 0 Å². The number of aromatic amines is 1. The fraction of sp³-hybridized carbons (Fsp3) is 0.0909. The number of rotatable bonds is 2. The Morgan fingerprint density at radius 3 is 2.80 bits per heavy atom. The third kappa shape index (κ3) is 1.61. The molecule has 2 N–H and O–H groups in total. The van der Waals surface area contributed by atoms with E-state index in [0.29, 0.717) is 5.69 Å². The van der Waals surface area contributed by atoms with E-state index in [4.69, 9.17) is 5.11 Å². The van der Waals surface area contributed by atoms with E-state index in [9.17, 15) is 4.79 Å². The SMILES string of the molecule is Cc1ccccc1-c1[nH]ncc1C(=O)O. The molecular weight excluding hydrogens is 192 g/mol. The van der Waals surface area contributed by atoms with Crippen LogP contribution in [0.5, 0.6) is 0 Å². The predicted molar refractivity (Wildman–Crippen MR) is 55.7 cm³/mol. The van der Waals surface area contributed by atoms with Crippen LogP contribution in [0.3, 0.4) is 0 Å². The zero-order chi connectivity index (χ0) is 10.8. The van der Waals surface area contributed by atoms with Gasteiger partial charge in [0, 0.05) is 5.56 Å². The predicted octanol–water partition coefficient (Wildman–Crippen LogP) is 2.08. The van der Waals surface area contributed by atoms with Gasteiger partial charge in [-0.05, 0) is 12.5 Å². The van der Waals surface area contributed by atoms with Crippen molar-refractivity contribution in [3.63, 3.8) is 0 Å². The number of aromatic carboxylic acids is 1. The van der Waals surface area contributed by atoms with Crippen LogP contribution in [0.1, 0.15) is 15.9 Å². The second-order valence-corrected chi connectivity index (χ2v) is 3.28. The Kier molecular flexibility index (Phi) is 2.25. The Morgan fingerprint density at radius 1 is 1.40 bits per heavy atom. The summed E-state index contributed by atoms with van der Waals surface area (Å²) in [5, 5.41) is 15.4. The molecule has 76 valence electrons. The number of hydrogen-bond donors (Lipinski definition) is 2. The fourth-order valence-corrected chi connectivity index (χ4v) is 1.51. The smallest absolute Gasteiger partial charge is 0.339 e. The van der Waals surface area contributed by atoms with E-state index in [1.165, 1.54) is 6.20 Å². The summed E-state index contributed by atoms with van der Waals surface area (Å²) in [4.78, 5) is 10.9. The number of aryl methyl sites for hydroxylation is 1. The molecular formula is C11H10N2O2. The lowest BCUT2D eigenvalue weighted by atomic mass is 10.0. The molecule has 0 amide bonds. The third-order valence-electron chi connectivity index (χ3n) is 2.28. The van der Waals surface area contributed by atoms with Crippen LogP contribution in [0.2, 0.25) is 0 Å². The Bertz CT molecular complexity index is 503. The highest BCUT2D eigenvalue weighted by atomic mass is 16.4. The number of nitrogens with one attached hydrogen (secondary N) is 1. The molecule has 1 aromatic heterocycles. The minimum Gasteiger partial charge on any atom is -0.478 e. The lowest BCUT2D eigenvalue weighted by Gasteiger charge is -2.03. The van der Waals surface area contributed by atoms with Gasteiger partial charge in [0.25, 0.3) is 0 Å². The van der Waals surface area contributed by atoms with Gasteiger partial charge in [0.15, 0.2) is 0 Å². The molecule has 0 aliphatic carbocycles. The van der Waals surface area contributed by atoms with Crippen molar-refractivity contribution >= 4 is 5.97 Å². The first-order valence-electron chi connectivity index (χ1n) is 4.53. The number of carboxylic acids is 1. The van der Waals surface area contributed by atoms with Crippen molar-refractivity contribution in [3.05, 3.63) is 41.6 Å². The van der Waals surface area contributed by atoms with E-state index in [2.05, 4.69) is 10.2 Å². The molecule has 0 saturated carbocycles. The largest absolute Gasteiger partial charge is 0.478 e. The standard InChI is InChI=1S/C11H10N2O2/c1-7-4-2-3-5-8(7)10-9(11(14)15)6-12-13-10/h2-6H,1H3,(H,12,13)(H,14,15). The summed E-state index contributed by atoms with van der Waals surface area (Å²) >= 11 is 0. The van der Waals surface area contributed by atoms with Crippen molar-refractivity contribution in [1.82, 2.24) is 10.2 Å². The molecule has 0 fully saturated rings. The van der Waals surface area contributed by atoms with Gasteiger partial charge >= 0.3 is 5.97 Å².